The van der Waals surface area contributed by atoms with Gasteiger partial charge in [0.2, 0.25) is 0 Å². The third-order valence-electron chi connectivity index (χ3n) is 3.50. The molecule has 1 saturated heterocycles. The van der Waals surface area contributed by atoms with E-state index in [-0.39, 0.29) is 32.0 Å². The summed E-state index contributed by atoms with van der Waals surface area (Å²) in [4.78, 5) is 10.9. The second-order valence-corrected chi connectivity index (χ2v) is 7.61. The van der Waals surface area contributed by atoms with E-state index in [1.54, 1.807) is 0 Å². The lowest BCUT2D eigenvalue weighted by Gasteiger charge is -2.34. The number of hydrogen-bond acceptors (Lipinski definition) is 4. The number of aliphatic carboxylic acids is 1. The second kappa shape index (κ2) is 7.73. The van der Waals surface area contributed by atoms with E-state index in [4.69, 9.17) is 10.4 Å². The standard InChI is InChI=1S/C13H23N3O4S/c1-11(2)10-16(7-3-6-14)21(19,20)15-8-4-12(5-9-15)13(17)18/h11-12H,3-5,7-10H2,1-2H3,(H,17,18). The maximum atomic E-state index is 12.6. The van der Waals surface area contributed by atoms with Gasteiger partial charge in [-0.05, 0) is 18.8 Å². The normalized spacial score (nSPS) is 18.0. The molecule has 1 rings (SSSR count). The Labute approximate surface area is 126 Å². The average molecular weight is 317 g/mol. The number of carboxylic acids is 1. The van der Waals surface area contributed by atoms with Crippen molar-refractivity contribution in [3.63, 3.8) is 0 Å². The zero-order valence-corrected chi connectivity index (χ0v) is 13.3. The van der Waals surface area contributed by atoms with Crippen LogP contribution in [0.5, 0.6) is 0 Å². The van der Waals surface area contributed by atoms with Crippen LogP contribution in [-0.4, -0.2) is 54.3 Å². The first kappa shape index (κ1) is 17.9. The topological polar surface area (TPSA) is 102 Å². The zero-order valence-electron chi connectivity index (χ0n) is 12.5. The SMILES string of the molecule is CC(C)CN(CCC#N)S(=O)(=O)N1CCC(C(=O)O)CC1. The molecule has 0 unspecified atom stereocenters. The van der Waals surface area contributed by atoms with E-state index in [0.29, 0.717) is 19.4 Å². The molecule has 0 amide bonds. The molecule has 0 saturated carbocycles. The second-order valence-electron chi connectivity index (χ2n) is 5.68. The van der Waals surface area contributed by atoms with Crippen LogP contribution in [0.25, 0.3) is 0 Å². The van der Waals surface area contributed by atoms with E-state index >= 15 is 0 Å². The lowest BCUT2D eigenvalue weighted by atomic mass is 9.99. The summed E-state index contributed by atoms with van der Waals surface area (Å²) in [6.07, 6.45) is 0.822. The number of nitriles is 1. The van der Waals surface area contributed by atoms with Crippen LogP contribution in [0.2, 0.25) is 0 Å². The molecule has 1 aliphatic rings. The van der Waals surface area contributed by atoms with Crippen molar-refractivity contribution in [2.45, 2.75) is 33.1 Å². The zero-order chi connectivity index (χ0) is 16.0. The van der Waals surface area contributed by atoms with Gasteiger partial charge in [0, 0.05) is 32.6 Å². The molecule has 1 N–H and O–H groups in total. The monoisotopic (exact) mass is 317 g/mol. The molecule has 120 valence electrons. The van der Waals surface area contributed by atoms with Crippen LogP contribution in [0.3, 0.4) is 0 Å². The molecule has 1 fully saturated rings. The average Bonchev–Trinajstić information content (AvgIpc) is 2.43. The van der Waals surface area contributed by atoms with Crippen LogP contribution < -0.4 is 0 Å². The molecule has 21 heavy (non-hydrogen) atoms. The van der Waals surface area contributed by atoms with Gasteiger partial charge in [-0.1, -0.05) is 13.8 Å². The van der Waals surface area contributed by atoms with Gasteiger partial charge in [0.25, 0.3) is 10.2 Å². The number of carboxylic acid groups (broad SMARTS) is 1. The molecule has 0 aromatic rings. The third-order valence-corrected chi connectivity index (χ3v) is 5.50. The Hall–Kier alpha value is -1.17. The van der Waals surface area contributed by atoms with Crippen LogP contribution in [0.1, 0.15) is 33.1 Å². The van der Waals surface area contributed by atoms with Gasteiger partial charge in [0.1, 0.15) is 0 Å². The van der Waals surface area contributed by atoms with Crippen LogP contribution in [0, 0.1) is 23.2 Å². The highest BCUT2D eigenvalue weighted by Crippen LogP contribution is 2.22. The smallest absolute Gasteiger partial charge is 0.306 e. The Morgan fingerprint density at radius 3 is 2.43 bits per heavy atom. The van der Waals surface area contributed by atoms with Crippen molar-refractivity contribution in [3.8, 4) is 6.07 Å². The van der Waals surface area contributed by atoms with E-state index in [0.717, 1.165) is 0 Å². The lowest BCUT2D eigenvalue weighted by Crippen LogP contribution is -2.49. The van der Waals surface area contributed by atoms with E-state index in [9.17, 15) is 13.2 Å². The molecule has 0 aliphatic carbocycles. The quantitative estimate of drug-likeness (QED) is 0.751. The van der Waals surface area contributed by atoms with Crippen LogP contribution in [-0.2, 0) is 15.0 Å². The molecule has 0 radical (unpaired) electrons. The molecule has 0 aromatic heterocycles. The summed E-state index contributed by atoms with van der Waals surface area (Å²) in [7, 11) is -3.62. The van der Waals surface area contributed by atoms with E-state index in [2.05, 4.69) is 0 Å². The van der Waals surface area contributed by atoms with Crippen LogP contribution >= 0.6 is 0 Å². The van der Waals surface area contributed by atoms with Gasteiger partial charge in [-0.3, -0.25) is 4.79 Å². The van der Waals surface area contributed by atoms with Crippen LogP contribution in [0.15, 0.2) is 0 Å². The maximum absolute atomic E-state index is 12.6. The molecule has 1 heterocycles. The molecule has 8 heteroatoms. The minimum atomic E-state index is -3.62. The first-order chi connectivity index (χ1) is 9.78. The van der Waals surface area contributed by atoms with Gasteiger partial charge < -0.3 is 5.11 Å². The summed E-state index contributed by atoms with van der Waals surface area (Å²) < 4.78 is 27.9. The fraction of sp³-hybridized carbons (Fsp3) is 0.846. The molecule has 7 nitrogen and oxygen atoms in total. The first-order valence-corrected chi connectivity index (χ1v) is 8.53. The van der Waals surface area contributed by atoms with Crippen LogP contribution in [0.4, 0.5) is 0 Å². The molecule has 0 atom stereocenters. The molecule has 0 bridgehead atoms. The summed E-state index contributed by atoms with van der Waals surface area (Å²) in [5, 5.41) is 17.6. The maximum Gasteiger partial charge on any atom is 0.306 e. The Morgan fingerprint density at radius 1 is 1.43 bits per heavy atom. The summed E-state index contributed by atoms with van der Waals surface area (Å²) in [5.41, 5.74) is 0. The van der Waals surface area contributed by atoms with Crippen molar-refractivity contribution in [2.24, 2.45) is 11.8 Å². The highest BCUT2D eigenvalue weighted by atomic mass is 32.2. The van der Waals surface area contributed by atoms with E-state index in [1.165, 1.54) is 8.61 Å². The summed E-state index contributed by atoms with van der Waals surface area (Å²) >= 11 is 0. The summed E-state index contributed by atoms with van der Waals surface area (Å²) in [5.74, 6) is -1.17. The predicted molar refractivity (Wildman–Crippen MR) is 77.5 cm³/mol. The summed E-state index contributed by atoms with van der Waals surface area (Å²) in [6, 6.07) is 1.97. The number of piperidine rings is 1. The van der Waals surface area contributed by atoms with Crippen molar-refractivity contribution < 1.29 is 18.3 Å². The minimum absolute atomic E-state index is 0.150. The Kier molecular flexibility index (Phi) is 6.58. The first-order valence-electron chi connectivity index (χ1n) is 7.14. The number of hydrogen-bond donors (Lipinski definition) is 1. The third kappa shape index (κ3) is 4.95. The van der Waals surface area contributed by atoms with Crippen molar-refractivity contribution in [3.05, 3.63) is 0 Å². The van der Waals surface area contributed by atoms with Gasteiger partial charge in [0.15, 0.2) is 0 Å². The Bertz CT molecular complexity index is 490. The molecule has 1 aliphatic heterocycles. The van der Waals surface area contributed by atoms with E-state index < -0.39 is 22.1 Å². The molecule has 0 spiro atoms. The van der Waals surface area contributed by atoms with Gasteiger partial charge in [-0.15, -0.1) is 0 Å². The lowest BCUT2D eigenvalue weighted by molar-refractivity contribution is -0.142. The Morgan fingerprint density at radius 2 is 2.00 bits per heavy atom. The fourth-order valence-electron chi connectivity index (χ4n) is 2.38. The van der Waals surface area contributed by atoms with Crippen molar-refractivity contribution in [1.82, 2.24) is 8.61 Å². The highest BCUT2D eigenvalue weighted by Gasteiger charge is 2.34. The van der Waals surface area contributed by atoms with E-state index in [1.807, 2.05) is 19.9 Å². The van der Waals surface area contributed by atoms with Crippen molar-refractivity contribution in [2.75, 3.05) is 26.2 Å². The van der Waals surface area contributed by atoms with Crippen molar-refractivity contribution >= 4 is 16.2 Å². The largest absolute Gasteiger partial charge is 0.481 e. The number of carbonyl (C=O) groups is 1. The van der Waals surface area contributed by atoms with Gasteiger partial charge >= 0.3 is 5.97 Å². The predicted octanol–water partition coefficient (Wildman–Crippen LogP) is 0.899. The molecular weight excluding hydrogens is 294 g/mol. The molecule has 0 aromatic carbocycles. The minimum Gasteiger partial charge on any atom is -0.481 e. The Balaban J connectivity index is 2.77. The van der Waals surface area contributed by atoms with Gasteiger partial charge in [-0.2, -0.15) is 22.3 Å². The molecular formula is C13H23N3O4S. The van der Waals surface area contributed by atoms with Gasteiger partial charge in [0.05, 0.1) is 12.0 Å². The highest BCUT2D eigenvalue weighted by molar-refractivity contribution is 7.86. The number of nitrogens with zero attached hydrogens (tertiary/aromatic N) is 3. The summed E-state index contributed by atoms with van der Waals surface area (Å²) in [6.45, 7) is 4.83. The fourth-order valence-corrected chi connectivity index (χ4v) is 4.19. The number of rotatable bonds is 7. The van der Waals surface area contributed by atoms with Gasteiger partial charge in [-0.25, -0.2) is 0 Å². The van der Waals surface area contributed by atoms with Crippen molar-refractivity contribution in [1.29, 1.82) is 5.26 Å².